The van der Waals surface area contributed by atoms with Gasteiger partial charge in [-0.05, 0) is 71.5 Å². The fourth-order valence-electron chi connectivity index (χ4n) is 4.56. The Morgan fingerprint density at radius 3 is 2.49 bits per heavy atom. The van der Waals surface area contributed by atoms with Gasteiger partial charge in [0.15, 0.2) is 0 Å². The number of nitrogens with zero attached hydrogens (tertiary/aromatic N) is 1. The Bertz CT molecular complexity index is 1110. The number of hydrogen-bond acceptors (Lipinski definition) is 5. The highest BCUT2D eigenvalue weighted by atomic mass is 16.5. The Morgan fingerprint density at radius 1 is 0.943 bits per heavy atom. The molecule has 6 heteroatoms. The summed E-state index contributed by atoms with van der Waals surface area (Å²) in [7, 11) is 3.33. The first kappa shape index (κ1) is 25.2. The molecule has 0 radical (unpaired) electrons. The summed E-state index contributed by atoms with van der Waals surface area (Å²) in [6, 6.07) is 20.8. The zero-order valence-corrected chi connectivity index (χ0v) is 20.8. The molecule has 0 aromatic heterocycles. The number of benzene rings is 3. The quantitative estimate of drug-likeness (QED) is 0.403. The van der Waals surface area contributed by atoms with Gasteiger partial charge < -0.3 is 19.5 Å². The van der Waals surface area contributed by atoms with Crippen molar-refractivity contribution < 1.29 is 19.0 Å². The third kappa shape index (κ3) is 7.28. The molecule has 0 spiro atoms. The van der Waals surface area contributed by atoms with Gasteiger partial charge in [0.25, 0.3) is 5.91 Å². The highest BCUT2D eigenvalue weighted by Gasteiger charge is 2.21. The Morgan fingerprint density at radius 2 is 1.71 bits per heavy atom. The molecule has 6 nitrogen and oxygen atoms in total. The second kappa shape index (κ2) is 12.7. The zero-order chi connectivity index (χ0) is 24.5. The minimum atomic E-state index is -0.0321. The molecule has 186 valence electrons. The van der Waals surface area contributed by atoms with E-state index < -0.39 is 0 Å². The summed E-state index contributed by atoms with van der Waals surface area (Å²) in [5.41, 5.74) is 3.15. The molecule has 0 saturated carbocycles. The topological polar surface area (TPSA) is 60.0 Å². The molecular weight excluding hydrogens is 440 g/mol. The summed E-state index contributed by atoms with van der Waals surface area (Å²) >= 11 is 0. The molecule has 1 aliphatic heterocycles. The number of carbonyl (C=O) groups is 1. The average molecular weight is 477 g/mol. The van der Waals surface area contributed by atoms with Gasteiger partial charge in [-0.2, -0.15) is 0 Å². The van der Waals surface area contributed by atoms with Crippen LogP contribution >= 0.6 is 0 Å². The van der Waals surface area contributed by atoms with Gasteiger partial charge in [-0.1, -0.05) is 30.3 Å². The van der Waals surface area contributed by atoms with Crippen molar-refractivity contribution in [1.29, 1.82) is 0 Å². The van der Waals surface area contributed by atoms with Gasteiger partial charge in [0.1, 0.15) is 5.75 Å². The average Bonchev–Trinajstić information content (AvgIpc) is 2.89. The summed E-state index contributed by atoms with van der Waals surface area (Å²) < 4.78 is 16.1. The molecule has 0 unspecified atom stereocenters. The maximum atomic E-state index is 12.6. The van der Waals surface area contributed by atoms with Crippen LogP contribution < -0.4 is 10.1 Å². The first-order valence-corrected chi connectivity index (χ1v) is 12.4. The Hall–Kier alpha value is -2.93. The van der Waals surface area contributed by atoms with Crippen molar-refractivity contribution in [3.63, 3.8) is 0 Å². The summed E-state index contributed by atoms with van der Waals surface area (Å²) in [5.74, 6) is 0.667. The highest BCUT2D eigenvalue weighted by Crippen LogP contribution is 2.21. The molecule has 0 bridgehead atoms. The number of carbonyl (C=O) groups excluding carboxylic acids is 1. The number of ether oxygens (including phenoxy) is 3. The molecule has 1 N–H and O–H groups in total. The number of amides is 1. The van der Waals surface area contributed by atoms with Crippen LogP contribution in [-0.4, -0.2) is 57.4 Å². The molecule has 0 atom stereocenters. The second-order valence-electron chi connectivity index (χ2n) is 9.17. The standard InChI is InChI=1S/C29H36N2O4/c1-33-15-4-16-35-21-23-8-10-24-9-7-22(17-26(24)18-23)20-31-13-11-27(12-14-31)30-29(32)25-5-3-6-28(19-25)34-2/h3,5-10,17-19,27H,4,11-16,20-21H2,1-2H3,(H,30,32). The first-order valence-electron chi connectivity index (χ1n) is 12.4. The van der Waals surface area contributed by atoms with Gasteiger partial charge in [-0.25, -0.2) is 0 Å². The number of rotatable bonds is 11. The van der Waals surface area contributed by atoms with E-state index in [1.165, 1.54) is 21.9 Å². The molecule has 1 aliphatic rings. The second-order valence-corrected chi connectivity index (χ2v) is 9.17. The molecule has 35 heavy (non-hydrogen) atoms. The monoisotopic (exact) mass is 476 g/mol. The number of piperidine rings is 1. The van der Waals surface area contributed by atoms with Gasteiger partial charge >= 0.3 is 0 Å². The molecule has 0 aliphatic carbocycles. The molecule has 3 aromatic rings. The van der Waals surface area contributed by atoms with Crippen molar-refractivity contribution in [2.75, 3.05) is 40.5 Å². The molecule has 1 amide bonds. The summed E-state index contributed by atoms with van der Waals surface area (Å²) in [4.78, 5) is 15.1. The van der Waals surface area contributed by atoms with Crippen molar-refractivity contribution in [1.82, 2.24) is 10.2 Å². The van der Waals surface area contributed by atoms with E-state index in [0.29, 0.717) is 24.5 Å². The van der Waals surface area contributed by atoms with E-state index in [1.807, 2.05) is 18.2 Å². The van der Waals surface area contributed by atoms with Gasteiger partial charge in [-0.15, -0.1) is 0 Å². The normalized spacial score (nSPS) is 14.8. The van der Waals surface area contributed by atoms with Crippen LogP contribution in [0.15, 0.2) is 60.7 Å². The van der Waals surface area contributed by atoms with Gasteiger partial charge in [0.2, 0.25) is 0 Å². The molecule has 1 saturated heterocycles. The van der Waals surface area contributed by atoms with Crippen LogP contribution in [0.5, 0.6) is 5.75 Å². The lowest BCUT2D eigenvalue weighted by Crippen LogP contribution is -2.44. The van der Waals surface area contributed by atoms with E-state index in [-0.39, 0.29) is 11.9 Å². The lowest BCUT2D eigenvalue weighted by molar-refractivity contribution is 0.0908. The lowest BCUT2D eigenvalue weighted by Gasteiger charge is -2.32. The molecule has 1 heterocycles. The van der Waals surface area contributed by atoms with Crippen LogP contribution in [-0.2, 0) is 22.6 Å². The molecule has 1 fully saturated rings. The number of methoxy groups -OCH3 is 2. The summed E-state index contributed by atoms with van der Waals surface area (Å²) in [6.45, 7) is 4.92. The van der Waals surface area contributed by atoms with E-state index in [1.54, 1.807) is 20.3 Å². The lowest BCUT2D eigenvalue weighted by atomic mass is 10.0. The van der Waals surface area contributed by atoms with Crippen molar-refractivity contribution in [3.8, 4) is 5.75 Å². The maximum Gasteiger partial charge on any atom is 0.251 e. The number of nitrogens with one attached hydrogen (secondary N) is 1. The predicted molar refractivity (Wildman–Crippen MR) is 139 cm³/mol. The van der Waals surface area contributed by atoms with E-state index in [9.17, 15) is 4.79 Å². The van der Waals surface area contributed by atoms with Crippen LogP contribution in [0.1, 0.15) is 40.7 Å². The SMILES string of the molecule is COCCCOCc1ccc2ccc(CN3CCC(NC(=O)c4cccc(OC)c4)CC3)cc2c1. The fraction of sp³-hybridized carbons (Fsp3) is 0.414. The minimum Gasteiger partial charge on any atom is -0.497 e. The van der Waals surface area contributed by atoms with Gasteiger partial charge in [0, 0.05) is 51.6 Å². The highest BCUT2D eigenvalue weighted by molar-refractivity contribution is 5.94. The van der Waals surface area contributed by atoms with Gasteiger partial charge in [0.05, 0.1) is 13.7 Å². The molecule has 4 rings (SSSR count). The van der Waals surface area contributed by atoms with E-state index in [0.717, 1.165) is 45.5 Å². The van der Waals surface area contributed by atoms with Crippen molar-refractivity contribution in [2.24, 2.45) is 0 Å². The fourth-order valence-corrected chi connectivity index (χ4v) is 4.56. The number of likely N-dealkylation sites (tertiary alicyclic amines) is 1. The van der Waals surface area contributed by atoms with Crippen LogP contribution in [0.25, 0.3) is 10.8 Å². The smallest absolute Gasteiger partial charge is 0.251 e. The minimum absolute atomic E-state index is 0.0321. The first-order chi connectivity index (χ1) is 17.1. The Labute approximate surface area is 208 Å². The van der Waals surface area contributed by atoms with Gasteiger partial charge in [-0.3, -0.25) is 9.69 Å². The van der Waals surface area contributed by atoms with E-state index in [2.05, 4.69) is 46.6 Å². The summed E-state index contributed by atoms with van der Waals surface area (Å²) in [5, 5.41) is 5.69. The number of hydrogen-bond donors (Lipinski definition) is 1. The van der Waals surface area contributed by atoms with Crippen LogP contribution in [0.4, 0.5) is 0 Å². The van der Waals surface area contributed by atoms with Crippen molar-refractivity contribution in [3.05, 3.63) is 77.4 Å². The molecular formula is C29H36N2O4. The largest absolute Gasteiger partial charge is 0.497 e. The van der Waals surface area contributed by atoms with E-state index >= 15 is 0 Å². The third-order valence-corrected chi connectivity index (χ3v) is 6.54. The number of fused-ring (bicyclic) bond motifs is 1. The Balaban J connectivity index is 1.27. The zero-order valence-electron chi connectivity index (χ0n) is 20.8. The molecule has 3 aromatic carbocycles. The van der Waals surface area contributed by atoms with Crippen LogP contribution in [0.2, 0.25) is 0 Å². The van der Waals surface area contributed by atoms with Crippen LogP contribution in [0.3, 0.4) is 0 Å². The van der Waals surface area contributed by atoms with Crippen LogP contribution in [0, 0.1) is 0 Å². The van der Waals surface area contributed by atoms with E-state index in [4.69, 9.17) is 14.2 Å². The maximum absolute atomic E-state index is 12.6. The predicted octanol–water partition coefficient (Wildman–Crippen LogP) is 4.80. The Kier molecular flexibility index (Phi) is 9.12. The van der Waals surface area contributed by atoms with Crippen molar-refractivity contribution in [2.45, 2.75) is 38.5 Å². The summed E-state index contributed by atoms with van der Waals surface area (Å²) in [6.07, 6.45) is 2.82. The third-order valence-electron chi connectivity index (χ3n) is 6.54. The van der Waals surface area contributed by atoms with Crippen molar-refractivity contribution >= 4 is 16.7 Å².